The summed E-state index contributed by atoms with van der Waals surface area (Å²) in [6.07, 6.45) is 2.97. The fourth-order valence-electron chi connectivity index (χ4n) is 4.53. The van der Waals surface area contributed by atoms with Crippen molar-refractivity contribution in [2.24, 2.45) is 0 Å². The number of piperidine rings is 1. The Bertz CT molecular complexity index is 1150. The van der Waals surface area contributed by atoms with E-state index in [4.69, 9.17) is 11.6 Å². The summed E-state index contributed by atoms with van der Waals surface area (Å²) >= 11 is 8.52. The molecule has 8 nitrogen and oxygen atoms in total. The van der Waals surface area contributed by atoms with Crippen LogP contribution in [-0.4, -0.2) is 87.3 Å². The van der Waals surface area contributed by atoms with Gasteiger partial charge in [0.1, 0.15) is 10.3 Å². The summed E-state index contributed by atoms with van der Waals surface area (Å²) in [5.41, 5.74) is 0. The van der Waals surface area contributed by atoms with Crippen molar-refractivity contribution in [2.45, 2.75) is 42.0 Å². The smallest absolute Gasteiger partial charge is 0.250 e. The molecule has 2 saturated heterocycles. The van der Waals surface area contributed by atoms with Crippen LogP contribution in [0, 0.1) is 0 Å². The number of amides is 2. The van der Waals surface area contributed by atoms with E-state index in [1.807, 2.05) is 25.1 Å². The van der Waals surface area contributed by atoms with Gasteiger partial charge in [0.15, 0.2) is 0 Å². The maximum absolute atomic E-state index is 13.1. The molecule has 12 heteroatoms. The molecule has 0 aliphatic carbocycles. The molecule has 2 atom stereocenters. The molecular formula is C22H29ClN4O4S3. The Labute approximate surface area is 213 Å². The second-order valence-corrected chi connectivity index (χ2v) is 13.7. The van der Waals surface area contributed by atoms with Gasteiger partial charge < -0.3 is 14.7 Å². The first-order valence-electron chi connectivity index (χ1n) is 11.2. The standard InChI is InChI=1S/C22H29ClN4O4S3/c1-25(2)13-15-5-3-12-27(15)20(28)14-26-11-4-6-16(22(26)29)24-34(30,31)21-10-8-18(33-21)17-7-9-19(23)32-17/h7-10,15-16,24H,3-6,11-14H2,1-2H3/t15-,16-/m0/s1. The Hall–Kier alpha value is -1.50. The van der Waals surface area contributed by atoms with Gasteiger partial charge in [-0.2, -0.15) is 4.72 Å². The van der Waals surface area contributed by atoms with E-state index in [0.717, 1.165) is 40.5 Å². The third-order valence-corrected chi connectivity index (χ3v) is 10.6. The number of halogens is 1. The largest absolute Gasteiger partial charge is 0.337 e. The first kappa shape index (κ1) is 25.6. The molecule has 2 aliphatic heterocycles. The summed E-state index contributed by atoms with van der Waals surface area (Å²) in [4.78, 5) is 33.2. The number of carbonyl (C=O) groups is 2. The highest BCUT2D eigenvalue weighted by Crippen LogP contribution is 2.37. The molecule has 4 rings (SSSR count). The van der Waals surface area contributed by atoms with Gasteiger partial charge in [0, 0.05) is 35.4 Å². The highest BCUT2D eigenvalue weighted by Gasteiger charge is 2.36. The van der Waals surface area contributed by atoms with Crippen LogP contribution in [-0.2, 0) is 19.6 Å². The van der Waals surface area contributed by atoms with E-state index in [1.165, 1.54) is 16.2 Å². The highest BCUT2D eigenvalue weighted by atomic mass is 35.5. The van der Waals surface area contributed by atoms with Crippen molar-refractivity contribution in [1.82, 2.24) is 19.4 Å². The van der Waals surface area contributed by atoms with Gasteiger partial charge in [0.25, 0.3) is 10.0 Å². The van der Waals surface area contributed by atoms with E-state index in [1.54, 1.807) is 18.2 Å². The summed E-state index contributed by atoms with van der Waals surface area (Å²) in [6, 6.07) is 6.20. The quantitative estimate of drug-likeness (QED) is 0.552. The molecule has 4 heterocycles. The predicted octanol–water partition coefficient (Wildman–Crippen LogP) is 2.95. The molecule has 34 heavy (non-hydrogen) atoms. The number of sulfonamides is 1. The number of hydrogen-bond donors (Lipinski definition) is 1. The average molecular weight is 545 g/mol. The normalized spacial score (nSPS) is 21.6. The number of thiophene rings is 2. The molecule has 0 saturated carbocycles. The van der Waals surface area contributed by atoms with Crippen molar-refractivity contribution in [3.63, 3.8) is 0 Å². The van der Waals surface area contributed by atoms with E-state index < -0.39 is 16.1 Å². The number of rotatable bonds is 8. The van der Waals surface area contributed by atoms with Crippen LogP contribution in [0.4, 0.5) is 0 Å². The molecule has 2 amide bonds. The second kappa shape index (κ2) is 10.6. The molecule has 2 fully saturated rings. The zero-order chi connectivity index (χ0) is 24.5. The monoisotopic (exact) mass is 544 g/mol. The minimum atomic E-state index is -3.87. The Morgan fingerprint density at radius 1 is 1.12 bits per heavy atom. The zero-order valence-corrected chi connectivity index (χ0v) is 22.4. The fourth-order valence-corrected chi connectivity index (χ4v) is 8.21. The van der Waals surface area contributed by atoms with Crippen LogP contribution in [0.5, 0.6) is 0 Å². The summed E-state index contributed by atoms with van der Waals surface area (Å²) < 4.78 is 29.4. The Kier molecular flexibility index (Phi) is 8.00. The second-order valence-electron chi connectivity index (χ2n) is 8.94. The van der Waals surface area contributed by atoms with Gasteiger partial charge in [-0.3, -0.25) is 9.59 Å². The number of carbonyl (C=O) groups excluding carboxylic acids is 2. The van der Waals surface area contributed by atoms with Crippen LogP contribution in [0.15, 0.2) is 28.5 Å². The van der Waals surface area contributed by atoms with E-state index in [2.05, 4.69) is 9.62 Å². The predicted molar refractivity (Wildman–Crippen MR) is 136 cm³/mol. The van der Waals surface area contributed by atoms with E-state index in [-0.39, 0.29) is 28.6 Å². The fraction of sp³-hybridized carbons (Fsp3) is 0.545. The van der Waals surface area contributed by atoms with Gasteiger partial charge in [-0.25, -0.2) is 8.42 Å². The molecule has 0 aromatic carbocycles. The van der Waals surface area contributed by atoms with Crippen molar-refractivity contribution in [1.29, 1.82) is 0 Å². The maximum Gasteiger partial charge on any atom is 0.250 e. The van der Waals surface area contributed by atoms with Crippen molar-refractivity contribution in [3.8, 4) is 9.75 Å². The average Bonchev–Trinajstić information content (AvgIpc) is 3.51. The van der Waals surface area contributed by atoms with Crippen molar-refractivity contribution < 1.29 is 18.0 Å². The molecule has 2 aliphatic rings. The lowest BCUT2D eigenvalue weighted by molar-refractivity contribution is -0.143. The lowest BCUT2D eigenvalue weighted by atomic mass is 10.1. The molecule has 0 unspecified atom stereocenters. The minimum absolute atomic E-state index is 0.0106. The maximum atomic E-state index is 13.1. The van der Waals surface area contributed by atoms with Crippen LogP contribution in [0.2, 0.25) is 4.34 Å². The van der Waals surface area contributed by atoms with Crippen LogP contribution >= 0.6 is 34.3 Å². The number of likely N-dealkylation sites (tertiary alicyclic amines) is 2. The van der Waals surface area contributed by atoms with E-state index >= 15 is 0 Å². The summed E-state index contributed by atoms with van der Waals surface area (Å²) in [5.74, 6) is -0.410. The van der Waals surface area contributed by atoms with Gasteiger partial charge in [0.2, 0.25) is 11.8 Å². The molecule has 1 N–H and O–H groups in total. The molecule has 2 aromatic heterocycles. The Morgan fingerprint density at radius 2 is 1.82 bits per heavy atom. The minimum Gasteiger partial charge on any atom is -0.337 e. The van der Waals surface area contributed by atoms with Crippen LogP contribution < -0.4 is 4.72 Å². The van der Waals surface area contributed by atoms with Crippen molar-refractivity contribution in [3.05, 3.63) is 28.6 Å². The van der Waals surface area contributed by atoms with Crippen molar-refractivity contribution in [2.75, 3.05) is 40.3 Å². The third kappa shape index (κ3) is 5.83. The molecule has 2 aromatic rings. The zero-order valence-electron chi connectivity index (χ0n) is 19.2. The highest BCUT2D eigenvalue weighted by molar-refractivity contribution is 7.91. The SMILES string of the molecule is CN(C)C[C@@H]1CCCN1C(=O)CN1CCC[C@H](NS(=O)(=O)c2ccc(-c3ccc(Cl)s3)s2)C1=O. The topological polar surface area (TPSA) is 90.0 Å². The summed E-state index contributed by atoms with van der Waals surface area (Å²) in [6.45, 7) is 1.94. The number of likely N-dealkylation sites (N-methyl/N-ethyl adjacent to an activating group) is 1. The summed E-state index contributed by atoms with van der Waals surface area (Å²) in [5, 5.41) is 0. The van der Waals surface area contributed by atoms with Gasteiger partial charge >= 0.3 is 0 Å². The lowest BCUT2D eigenvalue weighted by Gasteiger charge is -2.34. The van der Waals surface area contributed by atoms with E-state index in [0.29, 0.717) is 30.3 Å². The number of nitrogens with one attached hydrogen (secondary N) is 1. The van der Waals surface area contributed by atoms with Crippen molar-refractivity contribution >= 4 is 56.1 Å². The molecule has 186 valence electrons. The molecule has 0 spiro atoms. The Morgan fingerprint density at radius 3 is 2.53 bits per heavy atom. The lowest BCUT2D eigenvalue weighted by Crippen LogP contribution is -2.55. The van der Waals surface area contributed by atoms with Gasteiger partial charge in [-0.15, -0.1) is 22.7 Å². The van der Waals surface area contributed by atoms with Gasteiger partial charge in [-0.05, 0) is 64.0 Å². The van der Waals surface area contributed by atoms with E-state index in [9.17, 15) is 18.0 Å². The van der Waals surface area contributed by atoms with Gasteiger partial charge in [0.05, 0.1) is 10.9 Å². The first-order chi connectivity index (χ1) is 16.1. The van der Waals surface area contributed by atoms with Crippen LogP contribution in [0.1, 0.15) is 25.7 Å². The molecule has 0 radical (unpaired) electrons. The number of hydrogen-bond acceptors (Lipinski definition) is 7. The number of nitrogens with zero attached hydrogens (tertiary/aromatic N) is 3. The Balaban J connectivity index is 1.40. The third-order valence-electron chi connectivity index (χ3n) is 6.09. The molecular weight excluding hydrogens is 516 g/mol. The van der Waals surface area contributed by atoms with Gasteiger partial charge in [-0.1, -0.05) is 11.6 Å². The van der Waals surface area contributed by atoms with Crippen LogP contribution in [0.3, 0.4) is 0 Å². The summed E-state index contributed by atoms with van der Waals surface area (Å²) in [7, 11) is 0.0970. The molecule has 0 bridgehead atoms. The first-order valence-corrected chi connectivity index (χ1v) is 14.7. The van der Waals surface area contributed by atoms with Crippen LogP contribution in [0.25, 0.3) is 9.75 Å².